The van der Waals surface area contributed by atoms with Crippen molar-refractivity contribution in [1.82, 2.24) is 14.5 Å². The number of aromatic nitrogens is 3. The highest BCUT2D eigenvalue weighted by Gasteiger charge is 2.62. The van der Waals surface area contributed by atoms with Crippen LogP contribution in [0.4, 0.5) is 5.95 Å². The SMILES string of the molecule is COc1c(-c2nc3ccccc3o2)nc(N(C)C(c2ccccc2)C23CC(C2)C3)n(C)c1=O. The van der Waals surface area contributed by atoms with E-state index >= 15 is 0 Å². The second-order valence-electron chi connectivity index (χ2n) is 9.41. The fourth-order valence-electron chi connectivity index (χ4n) is 5.81. The number of fused-ring (bicyclic) bond motifs is 1. The molecule has 0 spiro atoms. The molecule has 3 fully saturated rings. The van der Waals surface area contributed by atoms with Crippen molar-refractivity contribution in [3.8, 4) is 17.3 Å². The van der Waals surface area contributed by atoms with E-state index in [9.17, 15) is 4.79 Å². The Morgan fingerprint density at radius 1 is 1.09 bits per heavy atom. The van der Waals surface area contributed by atoms with Gasteiger partial charge >= 0.3 is 0 Å². The Bertz CT molecular complexity index is 1360. The summed E-state index contributed by atoms with van der Waals surface area (Å²) in [5, 5.41) is 0. The first-order chi connectivity index (χ1) is 16.0. The van der Waals surface area contributed by atoms with Crippen molar-refractivity contribution >= 4 is 17.0 Å². The number of nitrogens with zero attached hydrogens (tertiary/aromatic N) is 4. The summed E-state index contributed by atoms with van der Waals surface area (Å²) in [6.45, 7) is 0. The van der Waals surface area contributed by atoms with Crippen molar-refractivity contribution in [2.75, 3.05) is 19.1 Å². The highest BCUT2D eigenvalue weighted by Crippen LogP contribution is 2.70. The lowest BCUT2D eigenvalue weighted by atomic mass is 9.41. The molecule has 0 amide bonds. The van der Waals surface area contributed by atoms with Gasteiger partial charge in [0.15, 0.2) is 11.3 Å². The minimum atomic E-state index is -0.268. The Kier molecular flexibility index (Phi) is 4.37. The van der Waals surface area contributed by atoms with Gasteiger partial charge in [-0.1, -0.05) is 42.5 Å². The number of hydrogen-bond acceptors (Lipinski definition) is 6. The van der Waals surface area contributed by atoms with Crippen LogP contribution in [-0.4, -0.2) is 28.7 Å². The van der Waals surface area contributed by atoms with Crippen LogP contribution < -0.4 is 15.2 Å². The van der Waals surface area contributed by atoms with Gasteiger partial charge in [0.05, 0.1) is 13.2 Å². The maximum Gasteiger partial charge on any atom is 0.297 e. The van der Waals surface area contributed by atoms with Crippen LogP contribution in [-0.2, 0) is 7.05 Å². The van der Waals surface area contributed by atoms with Gasteiger partial charge in [-0.2, -0.15) is 0 Å². The zero-order valence-corrected chi connectivity index (χ0v) is 19.0. The van der Waals surface area contributed by atoms with Gasteiger partial charge in [-0.05, 0) is 48.3 Å². The van der Waals surface area contributed by atoms with Crippen molar-refractivity contribution in [3.05, 3.63) is 70.5 Å². The second kappa shape index (κ2) is 7.20. The van der Waals surface area contributed by atoms with E-state index < -0.39 is 0 Å². The average Bonchev–Trinajstić information content (AvgIpc) is 3.21. The summed E-state index contributed by atoms with van der Waals surface area (Å²) >= 11 is 0. The zero-order chi connectivity index (χ0) is 22.7. The topological polar surface area (TPSA) is 73.4 Å². The smallest absolute Gasteiger partial charge is 0.297 e. The fraction of sp³-hybridized carbons (Fsp3) is 0.346. The first-order valence-electron chi connectivity index (χ1n) is 11.3. The Hall–Kier alpha value is -3.61. The summed E-state index contributed by atoms with van der Waals surface area (Å²) < 4.78 is 13.0. The molecular weight excluding hydrogens is 416 g/mol. The molecule has 0 saturated heterocycles. The van der Waals surface area contributed by atoms with Crippen LogP contribution in [0.3, 0.4) is 0 Å². The van der Waals surface area contributed by atoms with Gasteiger partial charge in [0.2, 0.25) is 11.7 Å². The predicted molar refractivity (Wildman–Crippen MR) is 126 cm³/mol. The maximum absolute atomic E-state index is 13.3. The number of anilines is 1. The molecule has 0 N–H and O–H groups in total. The van der Waals surface area contributed by atoms with E-state index in [0.29, 0.717) is 22.7 Å². The summed E-state index contributed by atoms with van der Waals surface area (Å²) in [6, 6.07) is 18.2. The Morgan fingerprint density at radius 3 is 2.42 bits per heavy atom. The third kappa shape index (κ3) is 2.91. The fourth-order valence-corrected chi connectivity index (χ4v) is 5.81. The van der Waals surface area contributed by atoms with Crippen LogP contribution >= 0.6 is 0 Å². The highest BCUT2D eigenvalue weighted by molar-refractivity contribution is 5.76. The van der Waals surface area contributed by atoms with E-state index in [-0.39, 0.29) is 28.7 Å². The first-order valence-corrected chi connectivity index (χ1v) is 11.3. The third-order valence-corrected chi connectivity index (χ3v) is 7.41. The predicted octanol–water partition coefficient (Wildman–Crippen LogP) is 4.57. The van der Waals surface area contributed by atoms with Gasteiger partial charge in [-0.3, -0.25) is 9.36 Å². The molecule has 2 aromatic heterocycles. The molecule has 168 valence electrons. The van der Waals surface area contributed by atoms with Crippen molar-refractivity contribution < 1.29 is 9.15 Å². The minimum Gasteiger partial charge on any atom is -0.489 e. The molecule has 4 aromatic rings. The highest BCUT2D eigenvalue weighted by atomic mass is 16.5. The second-order valence-corrected chi connectivity index (χ2v) is 9.41. The lowest BCUT2D eigenvalue weighted by Crippen LogP contribution is -2.59. The summed E-state index contributed by atoms with van der Waals surface area (Å²) in [5.74, 6) is 1.81. The van der Waals surface area contributed by atoms with Gasteiger partial charge in [0.1, 0.15) is 5.52 Å². The van der Waals surface area contributed by atoms with Crippen LogP contribution in [0.2, 0.25) is 0 Å². The summed E-state index contributed by atoms with van der Waals surface area (Å²) in [5.41, 5.74) is 2.88. The van der Waals surface area contributed by atoms with Crippen molar-refractivity contribution in [3.63, 3.8) is 0 Å². The summed E-state index contributed by atoms with van der Waals surface area (Å²) in [4.78, 5) is 25.0. The molecule has 33 heavy (non-hydrogen) atoms. The van der Waals surface area contributed by atoms with E-state index in [2.05, 4.69) is 34.1 Å². The van der Waals surface area contributed by atoms with Gasteiger partial charge in [0.25, 0.3) is 11.4 Å². The molecule has 7 nitrogen and oxygen atoms in total. The standard InChI is InChI=1S/C26H26N4O3/c1-29(22(17-9-5-4-6-10-17)26-13-16(14-26)15-26)25-28-20(21(32-3)24(31)30(25)2)23-27-18-11-7-8-12-19(18)33-23/h4-12,16,22H,13-15H2,1-3H3. The van der Waals surface area contributed by atoms with E-state index in [4.69, 9.17) is 14.1 Å². The molecule has 0 aliphatic heterocycles. The van der Waals surface area contributed by atoms with Gasteiger partial charge in [-0.25, -0.2) is 9.97 Å². The Morgan fingerprint density at radius 2 is 1.79 bits per heavy atom. The normalized spacial score (nSPS) is 21.8. The van der Waals surface area contributed by atoms with Gasteiger partial charge < -0.3 is 14.1 Å². The summed E-state index contributed by atoms with van der Waals surface area (Å²) in [7, 11) is 5.24. The molecule has 2 aromatic carbocycles. The average molecular weight is 443 g/mol. The van der Waals surface area contributed by atoms with Gasteiger partial charge in [-0.15, -0.1) is 0 Å². The van der Waals surface area contributed by atoms with Crippen molar-refractivity contribution in [2.24, 2.45) is 18.4 Å². The van der Waals surface area contributed by atoms with E-state index in [1.165, 1.54) is 31.9 Å². The number of hydrogen-bond donors (Lipinski definition) is 0. The number of ether oxygens (including phenoxy) is 1. The molecule has 3 aliphatic carbocycles. The van der Waals surface area contributed by atoms with E-state index in [0.717, 1.165) is 5.92 Å². The zero-order valence-electron chi connectivity index (χ0n) is 19.0. The lowest BCUT2D eigenvalue weighted by molar-refractivity contribution is -0.127. The lowest BCUT2D eigenvalue weighted by Gasteiger charge is -2.66. The largest absolute Gasteiger partial charge is 0.489 e. The van der Waals surface area contributed by atoms with Crippen LogP contribution in [0.25, 0.3) is 22.7 Å². The Labute approximate surface area is 191 Å². The Balaban J connectivity index is 1.51. The van der Waals surface area contributed by atoms with Crippen LogP contribution in [0.1, 0.15) is 30.9 Å². The maximum atomic E-state index is 13.3. The molecule has 3 aliphatic rings. The van der Waals surface area contributed by atoms with Gasteiger partial charge in [0, 0.05) is 14.1 Å². The molecule has 3 saturated carbocycles. The molecule has 1 atom stereocenters. The molecule has 2 heterocycles. The monoisotopic (exact) mass is 442 g/mol. The number of rotatable bonds is 6. The van der Waals surface area contributed by atoms with E-state index in [1.807, 2.05) is 37.4 Å². The summed E-state index contributed by atoms with van der Waals surface area (Å²) in [6.07, 6.45) is 3.66. The first kappa shape index (κ1) is 20.0. The third-order valence-electron chi connectivity index (χ3n) is 7.41. The van der Waals surface area contributed by atoms with Crippen molar-refractivity contribution in [1.29, 1.82) is 0 Å². The van der Waals surface area contributed by atoms with Crippen LogP contribution in [0.5, 0.6) is 5.75 Å². The number of oxazole rings is 1. The number of methoxy groups -OCH3 is 1. The number of benzene rings is 2. The number of para-hydroxylation sites is 2. The molecule has 1 unspecified atom stereocenters. The molecular formula is C26H26N4O3. The molecule has 7 heteroatoms. The quantitative estimate of drug-likeness (QED) is 0.435. The minimum absolute atomic E-state index is 0.128. The molecule has 2 bridgehead atoms. The molecule has 7 rings (SSSR count). The molecule has 0 radical (unpaired) electrons. The van der Waals surface area contributed by atoms with Crippen molar-refractivity contribution in [2.45, 2.75) is 25.3 Å². The van der Waals surface area contributed by atoms with Crippen LogP contribution in [0, 0.1) is 11.3 Å². The van der Waals surface area contributed by atoms with Crippen LogP contribution in [0.15, 0.2) is 63.8 Å². The van der Waals surface area contributed by atoms with E-state index in [1.54, 1.807) is 11.6 Å².